The van der Waals surface area contributed by atoms with Crippen molar-refractivity contribution in [1.82, 2.24) is 9.88 Å². The van der Waals surface area contributed by atoms with Gasteiger partial charge in [-0.2, -0.15) is 0 Å². The van der Waals surface area contributed by atoms with Gasteiger partial charge < -0.3 is 10.7 Å². The third-order valence-electron chi connectivity index (χ3n) is 4.04. The van der Waals surface area contributed by atoms with Crippen molar-refractivity contribution in [2.24, 2.45) is 5.73 Å². The van der Waals surface area contributed by atoms with Crippen LogP contribution in [-0.2, 0) is 6.54 Å². The summed E-state index contributed by atoms with van der Waals surface area (Å²) in [6.45, 7) is 6.75. The monoisotopic (exact) mass is 343 g/mol. The van der Waals surface area contributed by atoms with E-state index in [0.717, 1.165) is 53.8 Å². The van der Waals surface area contributed by atoms with Gasteiger partial charge >= 0.3 is 0 Å². The standard InChI is InChI=1S/C16H21N3O.2ClH/c1-10-5-11(2)16-14(6-10)15(20)7-13(18-16)9-19-4-3-12(17)8-19;;/h5-7,12H,3-4,8-9,17H2,1-2H3,(H,18,20);2*1H. The number of likely N-dealkylation sites (tertiary alicyclic amines) is 1. The molecule has 2 heterocycles. The summed E-state index contributed by atoms with van der Waals surface area (Å²) < 4.78 is 0. The maximum absolute atomic E-state index is 12.3. The summed E-state index contributed by atoms with van der Waals surface area (Å²) in [5.41, 5.74) is 10.2. The molecule has 1 atom stereocenters. The molecule has 3 rings (SSSR count). The zero-order valence-electron chi connectivity index (χ0n) is 12.9. The maximum Gasteiger partial charge on any atom is 0.189 e. The maximum atomic E-state index is 12.3. The number of nitrogens with zero attached hydrogens (tertiary/aromatic N) is 1. The molecule has 1 aromatic heterocycles. The van der Waals surface area contributed by atoms with Crippen molar-refractivity contribution in [1.29, 1.82) is 0 Å². The number of aromatic amines is 1. The number of aromatic nitrogens is 1. The number of nitrogens with one attached hydrogen (secondary N) is 1. The van der Waals surface area contributed by atoms with Gasteiger partial charge in [0.1, 0.15) is 0 Å². The molecule has 3 N–H and O–H groups in total. The molecule has 0 aliphatic carbocycles. The lowest BCUT2D eigenvalue weighted by Gasteiger charge is -2.16. The highest BCUT2D eigenvalue weighted by molar-refractivity contribution is 5.85. The van der Waals surface area contributed by atoms with E-state index in [1.165, 1.54) is 0 Å². The van der Waals surface area contributed by atoms with Crippen LogP contribution in [0.15, 0.2) is 23.0 Å². The Bertz CT molecular complexity index is 714. The van der Waals surface area contributed by atoms with E-state index in [4.69, 9.17) is 5.73 Å². The van der Waals surface area contributed by atoms with Crippen molar-refractivity contribution in [3.05, 3.63) is 45.2 Å². The van der Waals surface area contributed by atoms with Gasteiger partial charge in [-0.1, -0.05) is 6.07 Å². The van der Waals surface area contributed by atoms with Crippen molar-refractivity contribution in [3.63, 3.8) is 0 Å². The molecule has 6 heteroatoms. The number of nitrogens with two attached hydrogens (primary N) is 1. The lowest BCUT2D eigenvalue weighted by atomic mass is 10.1. The molecular formula is C16H23Cl2N3O. The predicted molar refractivity (Wildman–Crippen MR) is 96.4 cm³/mol. The van der Waals surface area contributed by atoms with Crippen molar-refractivity contribution >= 4 is 35.7 Å². The van der Waals surface area contributed by atoms with Crippen LogP contribution in [0.25, 0.3) is 10.9 Å². The van der Waals surface area contributed by atoms with Crippen molar-refractivity contribution in [2.45, 2.75) is 32.9 Å². The largest absolute Gasteiger partial charge is 0.357 e. The Morgan fingerprint density at radius 3 is 2.64 bits per heavy atom. The zero-order chi connectivity index (χ0) is 14.3. The minimum absolute atomic E-state index is 0. The highest BCUT2D eigenvalue weighted by Crippen LogP contribution is 2.17. The van der Waals surface area contributed by atoms with E-state index in [1.54, 1.807) is 6.07 Å². The third-order valence-corrected chi connectivity index (χ3v) is 4.04. The molecule has 1 aliphatic heterocycles. The van der Waals surface area contributed by atoms with E-state index in [2.05, 4.69) is 16.0 Å². The van der Waals surface area contributed by atoms with Crippen LogP contribution in [0.4, 0.5) is 0 Å². The van der Waals surface area contributed by atoms with Gasteiger partial charge in [0, 0.05) is 42.8 Å². The average Bonchev–Trinajstić information content (AvgIpc) is 2.76. The Morgan fingerprint density at radius 2 is 2.00 bits per heavy atom. The molecule has 122 valence electrons. The Balaban J connectivity index is 0.00000121. The van der Waals surface area contributed by atoms with Gasteiger partial charge in [0.05, 0.1) is 5.52 Å². The minimum atomic E-state index is 0. The number of benzene rings is 1. The first-order valence-electron chi connectivity index (χ1n) is 7.14. The first kappa shape index (κ1) is 19.0. The fourth-order valence-corrected chi connectivity index (χ4v) is 3.09. The van der Waals surface area contributed by atoms with Crippen LogP contribution < -0.4 is 11.2 Å². The second-order valence-electron chi connectivity index (χ2n) is 5.95. The Morgan fingerprint density at radius 1 is 1.27 bits per heavy atom. The van der Waals surface area contributed by atoms with Crippen molar-refractivity contribution in [2.75, 3.05) is 13.1 Å². The summed E-state index contributed by atoms with van der Waals surface area (Å²) in [5.74, 6) is 0. The van der Waals surface area contributed by atoms with E-state index in [-0.39, 0.29) is 36.3 Å². The molecule has 22 heavy (non-hydrogen) atoms. The second kappa shape index (κ2) is 7.47. The van der Waals surface area contributed by atoms with Crippen molar-refractivity contribution in [3.8, 4) is 0 Å². The first-order valence-corrected chi connectivity index (χ1v) is 7.14. The number of aryl methyl sites for hydroxylation is 2. The molecule has 1 aliphatic rings. The summed E-state index contributed by atoms with van der Waals surface area (Å²) in [6, 6.07) is 6.06. The van der Waals surface area contributed by atoms with Crippen molar-refractivity contribution < 1.29 is 0 Å². The van der Waals surface area contributed by atoms with Crippen LogP contribution in [0, 0.1) is 13.8 Å². The molecule has 0 spiro atoms. The molecule has 0 bridgehead atoms. The van der Waals surface area contributed by atoms with E-state index in [9.17, 15) is 4.79 Å². The third kappa shape index (κ3) is 3.82. The summed E-state index contributed by atoms with van der Waals surface area (Å²) in [7, 11) is 0. The fraction of sp³-hybridized carbons (Fsp3) is 0.438. The smallest absolute Gasteiger partial charge is 0.189 e. The predicted octanol–water partition coefficient (Wildman–Crippen LogP) is 2.52. The summed E-state index contributed by atoms with van der Waals surface area (Å²) in [4.78, 5) is 18.0. The van der Waals surface area contributed by atoms with Gasteiger partial charge in [-0.05, 0) is 37.5 Å². The van der Waals surface area contributed by atoms with E-state index < -0.39 is 0 Å². The lowest BCUT2D eigenvalue weighted by Crippen LogP contribution is -2.27. The van der Waals surface area contributed by atoms with Crippen LogP contribution >= 0.6 is 24.8 Å². The van der Waals surface area contributed by atoms with Gasteiger partial charge in [-0.15, -0.1) is 24.8 Å². The van der Waals surface area contributed by atoms with Gasteiger partial charge in [0.25, 0.3) is 0 Å². The van der Waals surface area contributed by atoms with Crippen LogP contribution in [0.3, 0.4) is 0 Å². The topological polar surface area (TPSA) is 62.1 Å². The highest BCUT2D eigenvalue weighted by atomic mass is 35.5. The van der Waals surface area contributed by atoms with Crippen LogP contribution in [0.5, 0.6) is 0 Å². The Labute approximate surface area is 142 Å². The number of hydrogen-bond acceptors (Lipinski definition) is 3. The van der Waals surface area contributed by atoms with Crippen LogP contribution in [0.2, 0.25) is 0 Å². The molecule has 0 amide bonds. The van der Waals surface area contributed by atoms with Gasteiger partial charge in [-0.3, -0.25) is 9.69 Å². The van der Waals surface area contributed by atoms with Gasteiger partial charge in [-0.25, -0.2) is 0 Å². The summed E-state index contributed by atoms with van der Waals surface area (Å²) >= 11 is 0. The molecule has 1 fully saturated rings. The van der Waals surface area contributed by atoms with E-state index in [1.807, 2.05) is 19.9 Å². The van der Waals surface area contributed by atoms with E-state index in [0.29, 0.717) is 0 Å². The minimum Gasteiger partial charge on any atom is -0.357 e. The average molecular weight is 344 g/mol. The fourth-order valence-electron chi connectivity index (χ4n) is 3.09. The quantitative estimate of drug-likeness (QED) is 0.880. The molecule has 2 aromatic rings. The van der Waals surface area contributed by atoms with E-state index >= 15 is 0 Å². The molecule has 4 nitrogen and oxygen atoms in total. The lowest BCUT2D eigenvalue weighted by molar-refractivity contribution is 0.323. The number of halogens is 2. The number of rotatable bonds is 2. The zero-order valence-corrected chi connectivity index (χ0v) is 14.5. The highest BCUT2D eigenvalue weighted by Gasteiger charge is 2.19. The van der Waals surface area contributed by atoms with Gasteiger partial charge in [0.15, 0.2) is 5.43 Å². The molecule has 0 radical (unpaired) electrons. The Hall–Kier alpha value is -1.07. The normalized spacial score (nSPS) is 18.0. The number of fused-ring (bicyclic) bond motifs is 1. The molecule has 0 saturated carbocycles. The summed E-state index contributed by atoms with van der Waals surface area (Å²) in [5, 5.41) is 0.782. The number of hydrogen-bond donors (Lipinski definition) is 2. The number of pyridine rings is 1. The molecular weight excluding hydrogens is 321 g/mol. The molecule has 1 unspecified atom stereocenters. The number of H-pyrrole nitrogens is 1. The van der Waals surface area contributed by atoms with Gasteiger partial charge in [0.2, 0.25) is 0 Å². The SMILES string of the molecule is Cc1cc(C)c2[nH]c(CN3CCC(N)C3)cc(=O)c2c1.Cl.Cl. The molecule has 1 aromatic carbocycles. The molecule has 1 saturated heterocycles. The Kier molecular flexibility index (Phi) is 6.44. The van der Waals surface area contributed by atoms with Crippen LogP contribution in [-0.4, -0.2) is 29.0 Å². The summed E-state index contributed by atoms with van der Waals surface area (Å²) in [6.07, 6.45) is 1.04. The second-order valence-corrected chi connectivity index (χ2v) is 5.95. The van der Waals surface area contributed by atoms with Crippen LogP contribution in [0.1, 0.15) is 23.2 Å². The first-order chi connectivity index (χ1) is 9.52.